The Morgan fingerprint density at radius 1 is 1.00 bits per heavy atom. The van der Waals surface area contributed by atoms with Gasteiger partial charge in [0.05, 0.1) is 11.2 Å². The summed E-state index contributed by atoms with van der Waals surface area (Å²) >= 11 is 6.25. The second kappa shape index (κ2) is 8.45. The normalized spacial score (nSPS) is 13.2. The summed E-state index contributed by atoms with van der Waals surface area (Å²) in [5.41, 5.74) is 3.08. The lowest BCUT2D eigenvalue weighted by Gasteiger charge is -2.30. The van der Waals surface area contributed by atoms with E-state index in [1.165, 1.54) is 4.57 Å². The molecule has 0 aliphatic rings. The van der Waals surface area contributed by atoms with Gasteiger partial charge in [-0.25, -0.2) is 4.79 Å². The Morgan fingerprint density at radius 3 is 2.40 bits per heavy atom. The lowest BCUT2D eigenvalue weighted by atomic mass is 9.81. The molecule has 0 spiro atoms. The van der Waals surface area contributed by atoms with E-state index in [1.807, 2.05) is 62.4 Å². The maximum atomic E-state index is 12.7. The van der Waals surface area contributed by atoms with Crippen molar-refractivity contribution in [1.82, 2.24) is 24.3 Å². The van der Waals surface area contributed by atoms with Crippen molar-refractivity contribution in [2.24, 2.45) is 14.1 Å². The summed E-state index contributed by atoms with van der Waals surface area (Å²) in [5.74, 6) is 0.380. The predicted octanol–water partition coefficient (Wildman–Crippen LogP) is 4.28. The monoisotopic (exact) mass is 485 g/mol. The van der Waals surface area contributed by atoms with Crippen molar-refractivity contribution >= 4 is 22.5 Å². The molecule has 2 heterocycles. The lowest BCUT2D eigenvalue weighted by molar-refractivity contribution is 0.111. The Hall–Kier alpha value is -3.81. The molecule has 0 bridgehead atoms. The van der Waals surface area contributed by atoms with E-state index in [4.69, 9.17) is 11.6 Å². The molecule has 35 heavy (non-hydrogen) atoms. The third-order valence-corrected chi connectivity index (χ3v) is 6.68. The van der Waals surface area contributed by atoms with E-state index in [0.29, 0.717) is 44.1 Å². The van der Waals surface area contributed by atoms with Crippen molar-refractivity contribution < 1.29 is 5.11 Å². The zero-order chi connectivity index (χ0) is 24.9. The van der Waals surface area contributed by atoms with E-state index in [-0.39, 0.29) is 5.69 Å². The fourth-order valence-electron chi connectivity index (χ4n) is 4.55. The maximum Gasteiger partial charge on any atom is 0.348 e. The minimum atomic E-state index is -1.60. The Balaban J connectivity index is 1.89. The molecule has 2 aromatic heterocycles. The lowest BCUT2D eigenvalue weighted by Crippen LogP contribution is -2.33. The highest BCUT2D eigenvalue weighted by molar-refractivity contribution is 6.30. The van der Waals surface area contributed by atoms with Crippen LogP contribution in [0.25, 0.3) is 22.2 Å². The summed E-state index contributed by atoms with van der Waals surface area (Å²) in [7, 11) is 3.49. The molecule has 1 N–H and O–H groups in total. The second-order valence-electron chi connectivity index (χ2n) is 8.84. The first kappa shape index (κ1) is 23.0. The van der Waals surface area contributed by atoms with Gasteiger partial charge in [-0.15, -0.1) is 10.2 Å². The summed E-state index contributed by atoms with van der Waals surface area (Å²) in [4.78, 5) is 17.1. The Labute approximate surface area is 207 Å². The number of aryl methyl sites for hydroxylation is 4. The Bertz CT molecular complexity index is 1640. The fourth-order valence-corrected chi connectivity index (χ4v) is 4.74. The van der Waals surface area contributed by atoms with Gasteiger partial charge in [0.25, 0.3) is 0 Å². The van der Waals surface area contributed by atoms with Crippen LogP contribution in [-0.4, -0.2) is 29.4 Å². The highest BCUT2D eigenvalue weighted by atomic mass is 35.5. The van der Waals surface area contributed by atoms with E-state index in [1.54, 1.807) is 37.1 Å². The fraction of sp³-hybridized carbons (Fsp3) is 0.185. The van der Waals surface area contributed by atoms with E-state index in [9.17, 15) is 9.90 Å². The number of nitrogens with zero attached hydrogens (tertiary/aromatic N) is 5. The van der Waals surface area contributed by atoms with Gasteiger partial charge in [-0.1, -0.05) is 53.6 Å². The van der Waals surface area contributed by atoms with Gasteiger partial charge in [0.15, 0.2) is 11.4 Å². The molecule has 0 saturated carbocycles. The van der Waals surface area contributed by atoms with Crippen molar-refractivity contribution in [3.05, 3.63) is 111 Å². The summed E-state index contributed by atoms with van der Waals surface area (Å²) in [6, 6.07) is 18.7. The molecule has 176 valence electrons. The Kier molecular flexibility index (Phi) is 5.54. The van der Waals surface area contributed by atoms with Crippen LogP contribution < -0.4 is 5.69 Å². The van der Waals surface area contributed by atoms with Gasteiger partial charge in [0.1, 0.15) is 6.33 Å². The topological polar surface area (TPSA) is 85.8 Å². The van der Waals surface area contributed by atoms with E-state index >= 15 is 0 Å². The molecule has 0 fully saturated rings. The molecule has 1 unspecified atom stereocenters. The van der Waals surface area contributed by atoms with Gasteiger partial charge in [-0.3, -0.25) is 4.57 Å². The van der Waals surface area contributed by atoms with E-state index in [2.05, 4.69) is 15.2 Å². The van der Waals surface area contributed by atoms with Gasteiger partial charge in [-0.05, 0) is 54.8 Å². The standard InChI is InChI=1S/C27H24ClN5O2/c1-16-8-10-19(11-9-16)27(35,25-31-29-15-32(25)3)22-14-21-23(12-17(22)2)33(4)26(34)30-24(21)18-6-5-7-20(28)13-18/h5-15,35H,1-4H3. The zero-order valence-corrected chi connectivity index (χ0v) is 20.6. The van der Waals surface area contributed by atoms with Crippen LogP contribution in [0.4, 0.5) is 0 Å². The second-order valence-corrected chi connectivity index (χ2v) is 9.27. The van der Waals surface area contributed by atoms with Crippen LogP contribution in [0.2, 0.25) is 5.02 Å². The molecule has 5 rings (SSSR count). The van der Waals surface area contributed by atoms with Gasteiger partial charge in [-0.2, -0.15) is 4.98 Å². The molecule has 0 saturated heterocycles. The number of hydrogen-bond donors (Lipinski definition) is 1. The first-order chi connectivity index (χ1) is 16.7. The number of fused-ring (bicyclic) bond motifs is 1. The minimum absolute atomic E-state index is 0.373. The van der Waals surface area contributed by atoms with Crippen LogP contribution >= 0.6 is 11.6 Å². The third kappa shape index (κ3) is 3.73. The number of benzene rings is 3. The largest absolute Gasteiger partial charge is 0.373 e. The zero-order valence-electron chi connectivity index (χ0n) is 19.8. The van der Waals surface area contributed by atoms with Crippen LogP contribution in [-0.2, 0) is 19.7 Å². The van der Waals surface area contributed by atoms with Crippen LogP contribution in [0.5, 0.6) is 0 Å². The minimum Gasteiger partial charge on any atom is -0.373 e. The van der Waals surface area contributed by atoms with Crippen LogP contribution in [0.15, 0.2) is 71.8 Å². The average molecular weight is 486 g/mol. The number of aromatic nitrogens is 5. The van der Waals surface area contributed by atoms with Crippen molar-refractivity contribution in [1.29, 1.82) is 0 Å². The molecule has 0 aliphatic carbocycles. The Morgan fingerprint density at radius 2 is 1.74 bits per heavy atom. The van der Waals surface area contributed by atoms with Gasteiger partial charge < -0.3 is 9.67 Å². The summed E-state index contributed by atoms with van der Waals surface area (Å²) in [6.07, 6.45) is 1.56. The van der Waals surface area contributed by atoms with Crippen LogP contribution in [0.1, 0.15) is 28.1 Å². The van der Waals surface area contributed by atoms with Crippen LogP contribution in [0, 0.1) is 13.8 Å². The SMILES string of the molecule is Cc1ccc(C(O)(c2cc3c(-c4cccc(Cl)c4)nc(=O)n(C)c3cc2C)c2nncn2C)cc1. The molecule has 3 aromatic carbocycles. The summed E-state index contributed by atoms with van der Waals surface area (Å²) in [6.45, 7) is 3.91. The van der Waals surface area contributed by atoms with Gasteiger partial charge in [0.2, 0.25) is 0 Å². The first-order valence-electron chi connectivity index (χ1n) is 11.1. The summed E-state index contributed by atoms with van der Waals surface area (Å²) < 4.78 is 3.22. The smallest absolute Gasteiger partial charge is 0.348 e. The molecule has 5 aromatic rings. The van der Waals surface area contributed by atoms with Crippen LogP contribution in [0.3, 0.4) is 0 Å². The van der Waals surface area contributed by atoms with Gasteiger partial charge in [0, 0.05) is 30.1 Å². The van der Waals surface area contributed by atoms with Crippen molar-refractivity contribution in [3.8, 4) is 11.3 Å². The van der Waals surface area contributed by atoms with E-state index < -0.39 is 5.60 Å². The highest BCUT2D eigenvalue weighted by Gasteiger charge is 2.40. The highest BCUT2D eigenvalue weighted by Crippen LogP contribution is 2.40. The molecular weight excluding hydrogens is 462 g/mol. The third-order valence-electron chi connectivity index (χ3n) is 6.45. The number of rotatable bonds is 4. The average Bonchev–Trinajstić information content (AvgIpc) is 3.27. The molecule has 7 nitrogen and oxygen atoms in total. The maximum absolute atomic E-state index is 12.7. The van der Waals surface area contributed by atoms with Gasteiger partial charge >= 0.3 is 5.69 Å². The number of hydrogen-bond acceptors (Lipinski definition) is 5. The van der Waals surface area contributed by atoms with E-state index in [0.717, 1.165) is 11.1 Å². The van der Waals surface area contributed by atoms with Crippen molar-refractivity contribution in [2.75, 3.05) is 0 Å². The molecule has 0 radical (unpaired) electrons. The molecule has 1 atom stereocenters. The molecule has 0 amide bonds. The number of halogens is 1. The van der Waals surface area contributed by atoms with Crippen molar-refractivity contribution in [2.45, 2.75) is 19.4 Å². The quantitative estimate of drug-likeness (QED) is 0.410. The predicted molar refractivity (Wildman–Crippen MR) is 136 cm³/mol. The molecular formula is C27H24ClN5O2. The summed E-state index contributed by atoms with van der Waals surface area (Å²) in [5, 5.41) is 22.0. The molecule has 8 heteroatoms. The molecule has 0 aliphatic heterocycles. The number of aliphatic hydroxyl groups is 1. The first-order valence-corrected chi connectivity index (χ1v) is 11.5. The van der Waals surface area contributed by atoms with Crippen molar-refractivity contribution in [3.63, 3.8) is 0 Å².